The van der Waals surface area contributed by atoms with E-state index in [1.165, 1.54) is 0 Å². The number of hydrogen-bond acceptors (Lipinski definition) is 3. The van der Waals surface area contributed by atoms with Gasteiger partial charge >= 0.3 is 0 Å². The van der Waals surface area contributed by atoms with Crippen molar-refractivity contribution in [1.82, 2.24) is 14.3 Å². The van der Waals surface area contributed by atoms with E-state index in [2.05, 4.69) is 37.9 Å². The van der Waals surface area contributed by atoms with Crippen LogP contribution >= 0.6 is 11.8 Å². The first-order chi connectivity index (χ1) is 11.7. The number of benzene rings is 1. The van der Waals surface area contributed by atoms with Crippen LogP contribution in [-0.2, 0) is 5.41 Å². The van der Waals surface area contributed by atoms with Crippen molar-refractivity contribution in [2.45, 2.75) is 51.0 Å². The summed E-state index contributed by atoms with van der Waals surface area (Å²) in [5, 5.41) is 0.751. The van der Waals surface area contributed by atoms with Gasteiger partial charge in [-0.2, -0.15) is 0 Å². The molecule has 0 saturated carbocycles. The number of aromatic nitrogens is 3. The maximum Gasteiger partial charge on any atom is 0.275 e. The zero-order valence-electron chi connectivity index (χ0n) is 15.7. The molecule has 2 heterocycles. The van der Waals surface area contributed by atoms with Crippen LogP contribution in [0.3, 0.4) is 0 Å². The molecule has 2 aromatic heterocycles. The van der Waals surface area contributed by atoms with Gasteiger partial charge in [0.1, 0.15) is 0 Å². The Balaban J connectivity index is 2.38. The second kappa shape index (κ2) is 6.37. The van der Waals surface area contributed by atoms with Crippen LogP contribution in [0.5, 0.6) is 0 Å². The molecule has 0 aliphatic carbocycles. The van der Waals surface area contributed by atoms with Crippen molar-refractivity contribution in [3.8, 4) is 5.69 Å². The maximum absolute atomic E-state index is 13.0. The summed E-state index contributed by atoms with van der Waals surface area (Å²) >= 11 is 1.68. The predicted molar refractivity (Wildman–Crippen MR) is 106 cm³/mol. The van der Waals surface area contributed by atoms with E-state index >= 15 is 0 Å². The van der Waals surface area contributed by atoms with Gasteiger partial charge in [-0.1, -0.05) is 20.8 Å². The minimum atomic E-state index is -0.0493. The molecule has 0 atom stereocenters. The first-order valence-electron chi connectivity index (χ1n) is 8.52. The highest BCUT2D eigenvalue weighted by Crippen LogP contribution is 2.27. The van der Waals surface area contributed by atoms with E-state index in [1.807, 2.05) is 53.9 Å². The van der Waals surface area contributed by atoms with Crippen molar-refractivity contribution in [3.63, 3.8) is 0 Å². The van der Waals surface area contributed by atoms with Gasteiger partial charge in [-0.3, -0.25) is 9.78 Å². The summed E-state index contributed by atoms with van der Waals surface area (Å²) in [4.78, 5) is 18.6. The molecule has 0 aliphatic rings. The fourth-order valence-electron chi connectivity index (χ4n) is 3.02. The Labute approximate surface area is 152 Å². The maximum atomic E-state index is 13.0. The van der Waals surface area contributed by atoms with Crippen LogP contribution in [-0.4, -0.2) is 20.6 Å². The average molecular weight is 356 g/mol. The van der Waals surface area contributed by atoms with E-state index in [9.17, 15) is 4.79 Å². The third-order valence-electron chi connectivity index (χ3n) is 4.33. The SMILES string of the molecule is CSc1ccc2c(=O)n(C(C)C)n(-c3ccnc(C(C)(C)C)c3)c2c1. The number of thioether (sulfide) groups is 1. The predicted octanol–water partition coefficient (Wildman–Crippen LogP) is 4.79. The Morgan fingerprint density at radius 1 is 1.12 bits per heavy atom. The summed E-state index contributed by atoms with van der Waals surface area (Å²) in [5.74, 6) is 0. The van der Waals surface area contributed by atoms with Gasteiger partial charge in [-0.25, -0.2) is 9.36 Å². The highest BCUT2D eigenvalue weighted by atomic mass is 32.2. The third-order valence-corrected chi connectivity index (χ3v) is 5.06. The van der Waals surface area contributed by atoms with Crippen LogP contribution in [0.1, 0.15) is 46.4 Å². The van der Waals surface area contributed by atoms with E-state index in [1.54, 1.807) is 11.8 Å². The summed E-state index contributed by atoms with van der Waals surface area (Å²) in [7, 11) is 0. The lowest BCUT2D eigenvalue weighted by molar-refractivity contribution is 0.476. The first kappa shape index (κ1) is 17.8. The molecule has 3 rings (SSSR count). The lowest BCUT2D eigenvalue weighted by atomic mass is 9.91. The van der Waals surface area contributed by atoms with Gasteiger partial charge in [-0.15, -0.1) is 11.8 Å². The second-order valence-electron chi connectivity index (χ2n) is 7.59. The van der Waals surface area contributed by atoms with Crippen LogP contribution in [0.25, 0.3) is 16.6 Å². The summed E-state index contributed by atoms with van der Waals surface area (Å²) in [6.07, 6.45) is 3.88. The van der Waals surface area contributed by atoms with Crippen molar-refractivity contribution in [1.29, 1.82) is 0 Å². The van der Waals surface area contributed by atoms with E-state index in [4.69, 9.17) is 0 Å². The number of fused-ring (bicyclic) bond motifs is 1. The van der Waals surface area contributed by atoms with Gasteiger partial charge in [0.25, 0.3) is 5.56 Å². The normalized spacial score (nSPS) is 12.3. The van der Waals surface area contributed by atoms with Crippen LogP contribution in [0, 0.1) is 0 Å². The van der Waals surface area contributed by atoms with E-state index in [0.717, 1.165) is 27.2 Å². The zero-order valence-corrected chi connectivity index (χ0v) is 16.5. The first-order valence-corrected chi connectivity index (χ1v) is 9.74. The van der Waals surface area contributed by atoms with Crippen molar-refractivity contribution >= 4 is 22.7 Å². The third kappa shape index (κ3) is 3.13. The largest absolute Gasteiger partial charge is 0.275 e. The van der Waals surface area contributed by atoms with Gasteiger partial charge in [0.05, 0.1) is 16.6 Å². The number of hydrogen-bond donors (Lipinski definition) is 0. The van der Waals surface area contributed by atoms with Gasteiger partial charge < -0.3 is 0 Å². The molecular formula is C20H25N3OS. The van der Waals surface area contributed by atoms with Crippen molar-refractivity contribution in [3.05, 3.63) is 52.6 Å². The minimum Gasteiger partial charge on any atom is -0.267 e. The van der Waals surface area contributed by atoms with Crippen molar-refractivity contribution < 1.29 is 0 Å². The van der Waals surface area contributed by atoms with Gasteiger partial charge in [0, 0.05) is 28.2 Å². The number of rotatable bonds is 3. The Hall–Kier alpha value is -2.01. The molecule has 0 bridgehead atoms. The average Bonchev–Trinajstić information content (AvgIpc) is 2.86. The quantitative estimate of drug-likeness (QED) is 0.634. The lowest BCUT2D eigenvalue weighted by Crippen LogP contribution is -2.24. The monoisotopic (exact) mass is 355 g/mol. The minimum absolute atomic E-state index is 0.0479. The lowest BCUT2D eigenvalue weighted by Gasteiger charge is -2.20. The molecule has 0 N–H and O–H groups in total. The molecule has 25 heavy (non-hydrogen) atoms. The molecule has 4 nitrogen and oxygen atoms in total. The van der Waals surface area contributed by atoms with Crippen LogP contribution in [0.2, 0.25) is 0 Å². The summed E-state index contributed by atoms with van der Waals surface area (Å²) in [6.45, 7) is 10.5. The summed E-state index contributed by atoms with van der Waals surface area (Å²) in [6, 6.07) is 10.2. The Kier molecular flexibility index (Phi) is 4.54. The number of nitrogens with zero attached hydrogens (tertiary/aromatic N) is 3. The Morgan fingerprint density at radius 2 is 1.84 bits per heavy atom. The number of pyridine rings is 1. The van der Waals surface area contributed by atoms with Gasteiger partial charge in [-0.05, 0) is 50.4 Å². The Bertz CT molecular complexity index is 977. The van der Waals surface area contributed by atoms with Crippen LogP contribution in [0.4, 0.5) is 0 Å². The highest BCUT2D eigenvalue weighted by molar-refractivity contribution is 7.98. The molecule has 1 aromatic carbocycles. The molecule has 0 spiro atoms. The topological polar surface area (TPSA) is 39.8 Å². The van der Waals surface area contributed by atoms with Crippen LogP contribution in [0.15, 0.2) is 46.2 Å². The molecule has 5 heteroatoms. The Morgan fingerprint density at radius 3 is 2.44 bits per heavy atom. The van der Waals surface area contributed by atoms with Gasteiger partial charge in [0.2, 0.25) is 0 Å². The fourth-order valence-corrected chi connectivity index (χ4v) is 3.45. The summed E-state index contributed by atoms with van der Waals surface area (Å²) < 4.78 is 3.87. The fraction of sp³-hybridized carbons (Fsp3) is 0.400. The molecule has 0 amide bonds. The van der Waals surface area contributed by atoms with Crippen LogP contribution < -0.4 is 5.56 Å². The molecule has 3 aromatic rings. The van der Waals surface area contributed by atoms with E-state index in [-0.39, 0.29) is 17.0 Å². The zero-order chi connectivity index (χ0) is 18.4. The molecule has 0 aliphatic heterocycles. The summed E-state index contributed by atoms with van der Waals surface area (Å²) in [5.41, 5.74) is 2.92. The smallest absolute Gasteiger partial charge is 0.267 e. The van der Waals surface area contributed by atoms with Crippen molar-refractivity contribution in [2.24, 2.45) is 0 Å². The standard InChI is InChI=1S/C20H25N3OS/c1-13(2)22-19(24)16-8-7-15(25-6)12-17(16)23(22)14-9-10-21-18(11-14)20(3,4)5/h7-13H,1-6H3. The molecule has 0 radical (unpaired) electrons. The highest BCUT2D eigenvalue weighted by Gasteiger charge is 2.20. The van der Waals surface area contributed by atoms with Crippen molar-refractivity contribution in [2.75, 3.05) is 6.26 Å². The van der Waals surface area contributed by atoms with Gasteiger partial charge in [0.15, 0.2) is 0 Å². The molecule has 132 valence electrons. The molecular weight excluding hydrogens is 330 g/mol. The molecule has 0 unspecified atom stereocenters. The van der Waals surface area contributed by atoms with E-state index < -0.39 is 0 Å². The second-order valence-corrected chi connectivity index (χ2v) is 8.47. The molecule has 0 fully saturated rings. The van der Waals surface area contributed by atoms with E-state index in [0.29, 0.717) is 0 Å². The molecule has 0 saturated heterocycles.